The van der Waals surface area contributed by atoms with E-state index in [9.17, 15) is 4.79 Å². The van der Waals surface area contributed by atoms with Crippen molar-refractivity contribution in [2.75, 3.05) is 5.75 Å². The molecule has 0 aliphatic carbocycles. The third kappa shape index (κ3) is 5.37. The second-order valence-electron chi connectivity index (χ2n) is 4.57. The van der Waals surface area contributed by atoms with Gasteiger partial charge < -0.3 is 0 Å². The topological polar surface area (TPSA) is 41.5 Å². The van der Waals surface area contributed by atoms with Gasteiger partial charge >= 0.3 is 0 Å². The van der Waals surface area contributed by atoms with Gasteiger partial charge in [0.15, 0.2) is 0 Å². The van der Waals surface area contributed by atoms with Crippen molar-refractivity contribution in [1.29, 1.82) is 0 Å². The lowest BCUT2D eigenvalue weighted by Crippen LogP contribution is -2.19. The van der Waals surface area contributed by atoms with Crippen molar-refractivity contribution >= 4 is 47.1 Å². The summed E-state index contributed by atoms with van der Waals surface area (Å²) < 4.78 is 0. The second-order valence-corrected chi connectivity index (χ2v) is 6.43. The van der Waals surface area contributed by atoms with Crippen LogP contribution in [-0.4, -0.2) is 17.9 Å². The Morgan fingerprint density at radius 2 is 1.91 bits per heavy atom. The summed E-state index contributed by atoms with van der Waals surface area (Å²) in [7, 11) is 0. The van der Waals surface area contributed by atoms with Crippen LogP contribution in [0, 0.1) is 6.92 Å². The number of carbonyl (C=O) groups is 1. The van der Waals surface area contributed by atoms with Crippen molar-refractivity contribution in [3.05, 3.63) is 63.6 Å². The molecule has 0 fully saturated rings. The molecule has 2 rings (SSSR count). The van der Waals surface area contributed by atoms with Gasteiger partial charge in [0.1, 0.15) is 0 Å². The monoisotopic (exact) mass is 352 g/mol. The summed E-state index contributed by atoms with van der Waals surface area (Å²) >= 11 is 13.2. The first-order chi connectivity index (χ1) is 10.5. The smallest absolute Gasteiger partial charge is 0.250 e. The maximum atomic E-state index is 11.7. The zero-order valence-electron chi connectivity index (χ0n) is 11.8. The van der Waals surface area contributed by atoms with Crippen LogP contribution in [-0.2, 0) is 4.79 Å². The van der Waals surface area contributed by atoms with Crippen molar-refractivity contribution < 1.29 is 4.79 Å². The summed E-state index contributed by atoms with van der Waals surface area (Å²) in [5, 5.41) is 4.83. The van der Waals surface area contributed by atoms with E-state index in [1.54, 1.807) is 18.2 Å². The third-order valence-corrected chi connectivity index (χ3v) is 4.49. The minimum Gasteiger partial charge on any atom is -0.272 e. The van der Waals surface area contributed by atoms with Gasteiger partial charge in [-0.15, -0.1) is 11.8 Å². The molecule has 0 bridgehead atoms. The highest BCUT2D eigenvalue weighted by Gasteiger charge is 2.02. The number of thioether (sulfide) groups is 1. The maximum absolute atomic E-state index is 11.7. The predicted molar refractivity (Wildman–Crippen MR) is 94.1 cm³/mol. The SMILES string of the molecule is Cc1ccc(SCC(=O)N/N=C\c2ccc(Cl)c(Cl)c2)cc1. The first-order valence-electron chi connectivity index (χ1n) is 6.51. The van der Waals surface area contributed by atoms with Gasteiger partial charge in [-0.25, -0.2) is 5.43 Å². The van der Waals surface area contributed by atoms with Gasteiger partial charge in [-0.1, -0.05) is 47.0 Å². The molecule has 0 aromatic heterocycles. The number of benzene rings is 2. The number of hydrogen-bond acceptors (Lipinski definition) is 3. The molecule has 0 saturated carbocycles. The minimum absolute atomic E-state index is 0.165. The Labute approximate surface area is 143 Å². The Morgan fingerprint density at radius 1 is 1.18 bits per heavy atom. The molecule has 2 aromatic carbocycles. The van der Waals surface area contributed by atoms with E-state index < -0.39 is 0 Å². The van der Waals surface area contributed by atoms with Gasteiger partial charge in [0.2, 0.25) is 5.91 Å². The van der Waals surface area contributed by atoms with E-state index in [1.165, 1.54) is 23.5 Å². The van der Waals surface area contributed by atoms with E-state index in [-0.39, 0.29) is 5.91 Å². The highest BCUT2D eigenvalue weighted by Crippen LogP contribution is 2.21. The van der Waals surface area contributed by atoms with Crippen LogP contribution in [0.15, 0.2) is 52.5 Å². The fraction of sp³-hybridized carbons (Fsp3) is 0.125. The lowest BCUT2D eigenvalue weighted by molar-refractivity contribution is -0.118. The number of amides is 1. The standard InChI is InChI=1S/C16H14Cl2N2OS/c1-11-2-5-13(6-3-11)22-10-16(21)20-19-9-12-4-7-14(17)15(18)8-12/h2-9H,10H2,1H3,(H,20,21)/b19-9-. The molecular weight excluding hydrogens is 339 g/mol. The highest BCUT2D eigenvalue weighted by atomic mass is 35.5. The van der Waals surface area contributed by atoms with Gasteiger partial charge in [-0.3, -0.25) is 4.79 Å². The van der Waals surface area contributed by atoms with E-state index in [0.717, 1.165) is 10.5 Å². The van der Waals surface area contributed by atoms with Crippen LogP contribution in [0.2, 0.25) is 10.0 Å². The first kappa shape index (κ1) is 16.9. The number of aryl methyl sites for hydroxylation is 1. The Balaban J connectivity index is 1.80. The van der Waals surface area contributed by atoms with Crippen molar-refractivity contribution in [3.63, 3.8) is 0 Å². The largest absolute Gasteiger partial charge is 0.272 e. The van der Waals surface area contributed by atoms with Crippen molar-refractivity contribution in [3.8, 4) is 0 Å². The molecule has 0 unspecified atom stereocenters. The molecule has 114 valence electrons. The highest BCUT2D eigenvalue weighted by molar-refractivity contribution is 8.00. The van der Waals surface area contributed by atoms with E-state index in [1.807, 2.05) is 31.2 Å². The zero-order valence-corrected chi connectivity index (χ0v) is 14.2. The number of rotatable bonds is 5. The van der Waals surface area contributed by atoms with Crippen LogP contribution in [0.5, 0.6) is 0 Å². The Bertz CT molecular complexity index is 687. The quantitative estimate of drug-likeness (QED) is 0.487. The Morgan fingerprint density at radius 3 is 2.59 bits per heavy atom. The summed E-state index contributed by atoms with van der Waals surface area (Å²) in [5.74, 6) is 0.142. The molecule has 0 radical (unpaired) electrons. The zero-order chi connectivity index (χ0) is 15.9. The number of carbonyl (C=O) groups excluding carboxylic acids is 1. The Kier molecular flexibility index (Phi) is 6.31. The second kappa shape index (κ2) is 8.22. The molecule has 3 nitrogen and oxygen atoms in total. The Hall–Kier alpha value is -1.49. The van der Waals surface area contributed by atoms with Crippen LogP contribution in [0.25, 0.3) is 0 Å². The molecule has 6 heteroatoms. The van der Waals surface area contributed by atoms with E-state index in [0.29, 0.717) is 15.8 Å². The normalized spacial score (nSPS) is 10.9. The number of nitrogens with one attached hydrogen (secondary N) is 1. The van der Waals surface area contributed by atoms with Crippen LogP contribution >= 0.6 is 35.0 Å². The summed E-state index contributed by atoms with van der Waals surface area (Å²) in [6.45, 7) is 2.03. The summed E-state index contributed by atoms with van der Waals surface area (Å²) in [6, 6.07) is 13.1. The number of hydrogen-bond donors (Lipinski definition) is 1. The molecule has 0 atom stereocenters. The molecule has 0 aliphatic heterocycles. The molecule has 0 saturated heterocycles. The van der Waals surface area contributed by atoms with Crippen LogP contribution < -0.4 is 5.43 Å². The van der Waals surface area contributed by atoms with Crippen LogP contribution in [0.4, 0.5) is 0 Å². The lowest BCUT2D eigenvalue weighted by atomic mass is 10.2. The molecule has 1 N–H and O–H groups in total. The fourth-order valence-corrected chi connectivity index (χ4v) is 2.58. The van der Waals surface area contributed by atoms with Crippen molar-refractivity contribution in [2.45, 2.75) is 11.8 Å². The van der Waals surface area contributed by atoms with Crippen molar-refractivity contribution in [1.82, 2.24) is 5.43 Å². The number of halogens is 2. The fourth-order valence-electron chi connectivity index (χ4n) is 1.59. The molecular formula is C16H14Cl2N2OS. The molecule has 22 heavy (non-hydrogen) atoms. The van der Waals surface area contributed by atoms with Crippen LogP contribution in [0.3, 0.4) is 0 Å². The predicted octanol–water partition coefficient (Wildman–Crippen LogP) is 4.54. The average molecular weight is 353 g/mol. The summed E-state index contributed by atoms with van der Waals surface area (Å²) in [5.41, 5.74) is 4.44. The number of hydrazone groups is 1. The molecule has 1 amide bonds. The van der Waals surface area contributed by atoms with E-state index >= 15 is 0 Å². The van der Waals surface area contributed by atoms with Gasteiger partial charge in [0.25, 0.3) is 0 Å². The molecule has 0 heterocycles. The van der Waals surface area contributed by atoms with Gasteiger partial charge in [-0.2, -0.15) is 5.10 Å². The molecule has 2 aromatic rings. The van der Waals surface area contributed by atoms with Gasteiger partial charge in [0.05, 0.1) is 22.0 Å². The van der Waals surface area contributed by atoms with Crippen molar-refractivity contribution in [2.24, 2.45) is 5.10 Å². The lowest BCUT2D eigenvalue weighted by Gasteiger charge is -2.01. The first-order valence-corrected chi connectivity index (χ1v) is 8.25. The maximum Gasteiger partial charge on any atom is 0.250 e. The van der Waals surface area contributed by atoms with E-state index in [4.69, 9.17) is 23.2 Å². The minimum atomic E-state index is -0.165. The average Bonchev–Trinajstić information content (AvgIpc) is 2.50. The van der Waals surface area contributed by atoms with Crippen LogP contribution in [0.1, 0.15) is 11.1 Å². The van der Waals surface area contributed by atoms with Gasteiger partial charge in [-0.05, 0) is 36.8 Å². The molecule has 0 aliphatic rings. The van der Waals surface area contributed by atoms with E-state index in [2.05, 4.69) is 10.5 Å². The summed E-state index contributed by atoms with van der Waals surface area (Å²) in [6.07, 6.45) is 1.52. The third-order valence-electron chi connectivity index (χ3n) is 2.74. The molecule has 0 spiro atoms. The summed E-state index contributed by atoms with van der Waals surface area (Å²) in [4.78, 5) is 12.8. The van der Waals surface area contributed by atoms with Gasteiger partial charge in [0, 0.05) is 4.90 Å². The number of nitrogens with zero attached hydrogens (tertiary/aromatic N) is 1.